The molecule has 70 valence electrons. The molecule has 4 N–H and O–H groups in total. The first-order valence-electron chi connectivity index (χ1n) is 4.66. The Morgan fingerprint density at radius 3 is 3.08 bits per heavy atom. The summed E-state index contributed by atoms with van der Waals surface area (Å²) in [5, 5.41) is 6.53. The molecule has 2 heterocycles. The summed E-state index contributed by atoms with van der Waals surface area (Å²) in [6.07, 6.45) is 9.39. The fourth-order valence-electron chi connectivity index (χ4n) is 1.68. The molecular formula is C10H15N3. The van der Waals surface area contributed by atoms with E-state index in [1.807, 2.05) is 12.2 Å². The topological polar surface area (TPSA) is 50.1 Å². The summed E-state index contributed by atoms with van der Waals surface area (Å²) >= 11 is 0. The van der Waals surface area contributed by atoms with Crippen molar-refractivity contribution in [1.29, 1.82) is 0 Å². The molecule has 0 aromatic rings. The molecule has 0 bridgehead atoms. The number of allylic oxidation sites excluding steroid dienone is 2. The molecule has 0 radical (unpaired) electrons. The Bertz CT molecular complexity index is 276. The van der Waals surface area contributed by atoms with E-state index in [0.717, 1.165) is 25.3 Å². The van der Waals surface area contributed by atoms with Gasteiger partial charge in [0, 0.05) is 6.54 Å². The Hall–Kier alpha value is -1.22. The predicted octanol–water partition coefficient (Wildman–Crippen LogP) is 0.234. The van der Waals surface area contributed by atoms with Crippen molar-refractivity contribution in [2.24, 2.45) is 5.73 Å². The third-order valence-corrected chi connectivity index (χ3v) is 2.40. The first-order chi connectivity index (χ1) is 6.36. The highest BCUT2D eigenvalue weighted by molar-refractivity contribution is 5.28. The third-order valence-electron chi connectivity index (χ3n) is 2.40. The van der Waals surface area contributed by atoms with Gasteiger partial charge in [-0.25, -0.2) is 0 Å². The Labute approximate surface area is 78.4 Å². The molecule has 3 nitrogen and oxygen atoms in total. The van der Waals surface area contributed by atoms with Gasteiger partial charge >= 0.3 is 0 Å². The number of dihydropyridines is 1. The molecule has 1 unspecified atom stereocenters. The van der Waals surface area contributed by atoms with E-state index in [-0.39, 0.29) is 0 Å². The SMILES string of the molecule is NC1=CC=CC(C2=CCNCC2)N1. The fourth-order valence-corrected chi connectivity index (χ4v) is 1.68. The van der Waals surface area contributed by atoms with E-state index < -0.39 is 0 Å². The minimum atomic E-state index is 0.312. The van der Waals surface area contributed by atoms with Gasteiger partial charge in [-0.15, -0.1) is 0 Å². The second-order valence-electron chi connectivity index (χ2n) is 3.36. The highest BCUT2D eigenvalue weighted by Crippen LogP contribution is 2.13. The molecule has 0 amide bonds. The second kappa shape index (κ2) is 3.66. The molecule has 0 fully saturated rings. The van der Waals surface area contributed by atoms with Crippen molar-refractivity contribution >= 4 is 0 Å². The van der Waals surface area contributed by atoms with Crippen LogP contribution in [-0.2, 0) is 0 Å². The van der Waals surface area contributed by atoms with Gasteiger partial charge < -0.3 is 16.4 Å². The fraction of sp³-hybridized carbons (Fsp3) is 0.400. The molecule has 0 aliphatic carbocycles. The Morgan fingerprint density at radius 1 is 1.46 bits per heavy atom. The molecular weight excluding hydrogens is 162 g/mol. The monoisotopic (exact) mass is 177 g/mol. The maximum Gasteiger partial charge on any atom is 0.0967 e. The van der Waals surface area contributed by atoms with E-state index in [4.69, 9.17) is 5.73 Å². The van der Waals surface area contributed by atoms with Crippen LogP contribution in [0.5, 0.6) is 0 Å². The molecule has 0 saturated heterocycles. The average Bonchev–Trinajstić information content (AvgIpc) is 2.19. The summed E-state index contributed by atoms with van der Waals surface area (Å²) in [4.78, 5) is 0. The van der Waals surface area contributed by atoms with Gasteiger partial charge in [-0.1, -0.05) is 18.2 Å². The Morgan fingerprint density at radius 2 is 2.38 bits per heavy atom. The summed E-state index contributed by atoms with van der Waals surface area (Å²) in [6, 6.07) is 0.312. The molecule has 0 saturated carbocycles. The molecule has 13 heavy (non-hydrogen) atoms. The number of rotatable bonds is 1. The summed E-state index contributed by atoms with van der Waals surface area (Å²) in [7, 11) is 0. The molecule has 0 spiro atoms. The van der Waals surface area contributed by atoms with Crippen LogP contribution in [0, 0.1) is 0 Å². The lowest BCUT2D eigenvalue weighted by atomic mass is 9.99. The average molecular weight is 177 g/mol. The maximum atomic E-state index is 5.69. The lowest BCUT2D eigenvalue weighted by molar-refractivity contribution is 0.632. The van der Waals surface area contributed by atoms with Crippen molar-refractivity contribution in [1.82, 2.24) is 10.6 Å². The van der Waals surface area contributed by atoms with Crippen molar-refractivity contribution in [3.63, 3.8) is 0 Å². The molecule has 1 atom stereocenters. The molecule has 3 heteroatoms. The first kappa shape index (κ1) is 8.38. The van der Waals surface area contributed by atoms with Gasteiger partial charge in [0.2, 0.25) is 0 Å². The van der Waals surface area contributed by atoms with Gasteiger partial charge in [0.05, 0.1) is 11.9 Å². The van der Waals surface area contributed by atoms with Gasteiger partial charge in [-0.05, 0) is 24.6 Å². The van der Waals surface area contributed by atoms with Gasteiger partial charge in [-0.2, -0.15) is 0 Å². The third kappa shape index (κ3) is 1.92. The smallest absolute Gasteiger partial charge is 0.0967 e. The van der Waals surface area contributed by atoms with Crippen molar-refractivity contribution in [2.75, 3.05) is 13.1 Å². The summed E-state index contributed by atoms with van der Waals surface area (Å²) in [6.45, 7) is 2.05. The zero-order chi connectivity index (χ0) is 9.10. The highest BCUT2D eigenvalue weighted by atomic mass is 15.0. The number of nitrogens with one attached hydrogen (secondary N) is 2. The lowest BCUT2D eigenvalue weighted by Crippen LogP contribution is -2.36. The largest absolute Gasteiger partial charge is 0.386 e. The summed E-state index contributed by atoms with van der Waals surface area (Å²) in [5.41, 5.74) is 7.12. The summed E-state index contributed by atoms with van der Waals surface area (Å²) in [5.74, 6) is 0.756. The van der Waals surface area contributed by atoms with Crippen LogP contribution in [-0.4, -0.2) is 19.1 Å². The van der Waals surface area contributed by atoms with E-state index in [1.54, 1.807) is 0 Å². The molecule has 0 aromatic heterocycles. The van der Waals surface area contributed by atoms with Gasteiger partial charge in [0.25, 0.3) is 0 Å². The Balaban J connectivity index is 2.05. The van der Waals surface area contributed by atoms with Crippen LogP contribution < -0.4 is 16.4 Å². The zero-order valence-electron chi connectivity index (χ0n) is 7.59. The minimum absolute atomic E-state index is 0.312. The molecule has 2 rings (SSSR count). The number of hydrogen-bond donors (Lipinski definition) is 3. The standard InChI is InChI=1S/C10H15N3/c11-10-3-1-2-9(13-10)8-4-6-12-7-5-8/h1-4,9,12-13H,5-7,11H2. The second-order valence-corrected chi connectivity index (χ2v) is 3.36. The van der Waals surface area contributed by atoms with E-state index >= 15 is 0 Å². The van der Waals surface area contributed by atoms with Crippen LogP contribution in [0.4, 0.5) is 0 Å². The zero-order valence-corrected chi connectivity index (χ0v) is 7.59. The molecule has 2 aliphatic rings. The predicted molar refractivity (Wildman–Crippen MR) is 53.9 cm³/mol. The summed E-state index contributed by atoms with van der Waals surface area (Å²) < 4.78 is 0. The molecule has 0 aromatic carbocycles. The Kier molecular flexibility index (Phi) is 2.36. The van der Waals surface area contributed by atoms with Crippen LogP contribution in [0.1, 0.15) is 6.42 Å². The normalized spacial score (nSPS) is 27.5. The van der Waals surface area contributed by atoms with Crippen LogP contribution in [0.2, 0.25) is 0 Å². The van der Waals surface area contributed by atoms with Crippen LogP contribution in [0.15, 0.2) is 35.7 Å². The number of nitrogens with two attached hydrogens (primary N) is 1. The van der Waals surface area contributed by atoms with Crippen LogP contribution >= 0.6 is 0 Å². The van der Waals surface area contributed by atoms with Gasteiger partial charge in [0.1, 0.15) is 0 Å². The van der Waals surface area contributed by atoms with Gasteiger partial charge in [-0.3, -0.25) is 0 Å². The van der Waals surface area contributed by atoms with Crippen molar-refractivity contribution in [3.8, 4) is 0 Å². The van der Waals surface area contributed by atoms with E-state index in [0.29, 0.717) is 6.04 Å². The van der Waals surface area contributed by atoms with Crippen LogP contribution in [0.25, 0.3) is 0 Å². The highest BCUT2D eigenvalue weighted by Gasteiger charge is 2.14. The van der Waals surface area contributed by atoms with Crippen molar-refractivity contribution in [2.45, 2.75) is 12.5 Å². The van der Waals surface area contributed by atoms with Crippen molar-refractivity contribution in [3.05, 3.63) is 35.7 Å². The van der Waals surface area contributed by atoms with E-state index in [1.165, 1.54) is 5.57 Å². The number of hydrogen-bond acceptors (Lipinski definition) is 3. The van der Waals surface area contributed by atoms with E-state index in [9.17, 15) is 0 Å². The van der Waals surface area contributed by atoms with Gasteiger partial charge in [0.15, 0.2) is 0 Å². The molecule has 2 aliphatic heterocycles. The van der Waals surface area contributed by atoms with Crippen molar-refractivity contribution < 1.29 is 0 Å². The van der Waals surface area contributed by atoms with Crippen LogP contribution in [0.3, 0.4) is 0 Å². The quantitative estimate of drug-likeness (QED) is 0.503. The first-order valence-corrected chi connectivity index (χ1v) is 4.66. The lowest BCUT2D eigenvalue weighted by Gasteiger charge is -2.24. The maximum absolute atomic E-state index is 5.69. The minimum Gasteiger partial charge on any atom is -0.386 e. The van der Waals surface area contributed by atoms with E-state index in [2.05, 4.69) is 22.8 Å².